The Morgan fingerprint density at radius 2 is 1.88 bits per heavy atom. The Hall–Kier alpha value is -2.53. The highest BCUT2D eigenvalue weighted by Gasteiger charge is 2.46. The van der Waals surface area contributed by atoms with Crippen LogP contribution in [0.25, 0.3) is 21.9 Å². The molecule has 0 bridgehead atoms. The second-order valence-electron chi connectivity index (χ2n) is 7.07. The molecule has 0 radical (unpaired) electrons. The molecule has 0 spiro atoms. The number of rotatable bonds is 0. The minimum Gasteiger partial charge on any atom is -0.507 e. The van der Waals surface area contributed by atoms with Gasteiger partial charge in [-0.05, 0) is 39.0 Å². The van der Waals surface area contributed by atoms with Crippen molar-refractivity contribution in [1.29, 1.82) is 0 Å². The van der Waals surface area contributed by atoms with Gasteiger partial charge in [0.2, 0.25) is 5.43 Å². The van der Waals surface area contributed by atoms with Crippen molar-refractivity contribution in [2.45, 2.75) is 38.4 Å². The molecule has 0 saturated heterocycles. The van der Waals surface area contributed by atoms with Crippen LogP contribution < -0.4 is 10.2 Å². The Kier molecular flexibility index (Phi) is 2.82. The van der Waals surface area contributed by atoms with Crippen molar-refractivity contribution in [3.63, 3.8) is 0 Å². The highest BCUT2D eigenvalue weighted by atomic mass is 16.5. The Morgan fingerprint density at radius 3 is 2.62 bits per heavy atom. The number of aliphatic hydroxyl groups is 1. The molecule has 5 nitrogen and oxygen atoms in total. The van der Waals surface area contributed by atoms with Gasteiger partial charge in [0.15, 0.2) is 11.3 Å². The van der Waals surface area contributed by atoms with Gasteiger partial charge in [-0.25, -0.2) is 0 Å². The molecule has 1 aliphatic rings. The number of phenols is 1. The molecule has 0 fully saturated rings. The summed E-state index contributed by atoms with van der Waals surface area (Å²) in [6.45, 7) is 5.34. The molecule has 1 atom stereocenters. The fourth-order valence-electron chi connectivity index (χ4n) is 3.16. The van der Waals surface area contributed by atoms with E-state index >= 15 is 0 Å². The molecule has 1 aliphatic heterocycles. The fourth-order valence-corrected chi connectivity index (χ4v) is 3.16. The first-order chi connectivity index (χ1) is 11.2. The van der Waals surface area contributed by atoms with E-state index in [2.05, 4.69) is 0 Å². The molecule has 124 valence electrons. The zero-order chi connectivity index (χ0) is 17.3. The average molecular weight is 326 g/mol. The van der Waals surface area contributed by atoms with Gasteiger partial charge >= 0.3 is 0 Å². The lowest BCUT2D eigenvalue weighted by molar-refractivity contribution is -0.114. The van der Waals surface area contributed by atoms with Crippen molar-refractivity contribution in [3.05, 3.63) is 46.1 Å². The predicted molar refractivity (Wildman–Crippen MR) is 90.7 cm³/mol. The van der Waals surface area contributed by atoms with Crippen LogP contribution in [0, 0.1) is 0 Å². The summed E-state index contributed by atoms with van der Waals surface area (Å²) in [5.41, 5.74) is -0.733. The number of aromatic hydroxyl groups is 1. The Balaban J connectivity index is 2.11. The van der Waals surface area contributed by atoms with E-state index < -0.39 is 11.2 Å². The smallest absolute Gasteiger partial charge is 0.204 e. The first-order valence-electron chi connectivity index (χ1n) is 7.83. The van der Waals surface area contributed by atoms with Crippen LogP contribution in [0.5, 0.6) is 11.5 Å². The van der Waals surface area contributed by atoms with Gasteiger partial charge in [0.1, 0.15) is 27.9 Å². The van der Waals surface area contributed by atoms with Crippen LogP contribution in [0.2, 0.25) is 0 Å². The largest absolute Gasteiger partial charge is 0.507 e. The molecule has 1 aromatic heterocycles. The molecule has 0 amide bonds. The number of fused-ring (bicyclic) bond motifs is 4. The Labute approximate surface area is 138 Å². The van der Waals surface area contributed by atoms with E-state index in [0.29, 0.717) is 28.7 Å². The van der Waals surface area contributed by atoms with E-state index in [-0.39, 0.29) is 16.6 Å². The molecule has 1 unspecified atom stereocenters. The number of phenolic OH excluding ortho intramolecular Hbond substituents is 1. The molecule has 2 heterocycles. The van der Waals surface area contributed by atoms with Crippen molar-refractivity contribution in [2.75, 3.05) is 0 Å². The van der Waals surface area contributed by atoms with Gasteiger partial charge in [0.25, 0.3) is 0 Å². The van der Waals surface area contributed by atoms with Crippen molar-refractivity contribution >= 4 is 21.9 Å². The molecular weight excluding hydrogens is 308 g/mol. The van der Waals surface area contributed by atoms with Crippen LogP contribution in [-0.4, -0.2) is 21.4 Å². The van der Waals surface area contributed by atoms with Crippen LogP contribution in [0.15, 0.2) is 39.5 Å². The molecule has 3 aromatic rings. The second-order valence-corrected chi connectivity index (χ2v) is 7.07. The average Bonchev–Trinajstić information content (AvgIpc) is 2.48. The summed E-state index contributed by atoms with van der Waals surface area (Å²) >= 11 is 0. The van der Waals surface area contributed by atoms with Gasteiger partial charge in [-0.2, -0.15) is 0 Å². The summed E-state index contributed by atoms with van der Waals surface area (Å²) in [7, 11) is 0. The lowest BCUT2D eigenvalue weighted by atomic mass is 9.79. The van der Waals surface area contributed by atoms with Gasteiger partial charge in [-0.3, -0.25) is 4.79 Å². The summed E-state index contributed by atoms with van der Waals surface area (Å²) in [5.74, 6) is 0.372. The zero-order valence-electron chi connectivity index (χ0n) is 13.7. The molecule has 4 rings (SSSR count). The maximum atomic E-state index is 12.8. The minimum absolute atomic E-state index is 0.106. The maximum Gasteiger partial charge on any atom is 0.204 e. The van der Waals surface area contributed by atoms with Crippen molar-refractivity contribution in [1.82, 2.24) is 0 Å². The molecule has 2 aromatic carbocycles. The monoisotopic (exact) mass is 326 g/mol. The van der Waals surface area contributed by atoms with Crippen LogP contribution in [0.4, 0.5) is 0 Å². The van der Waals surface area contributed by atoms with Crippen LogP contribution in [0.3, 0.4) is 0 Å². The van der Waals surface area contributed by atoms with E-state index in [1.54, 1.807) is 45.0 Å². The van der Waals surface area contributed by atoms with Crippen LogP contribution in [0.1, 0.15) is 26.3 Å². The molecule has 0 saturated carbocycles. The SMILES string of the molecule is CC1(O)Cc2ccc3c(=O)c4c(O)cccc4oc3c2OC1(C)C. The Morgan fingerprint density at radius 1 is 1.12 bits per heavy atom. The first-order valence-corrected chi connectivity index (χ1v) is 7.83. The summed E-state index contributed by atoms with van der Waals surface area (Å²) < 4.78 is 11.9. The van der Waals surface area contributed by atoms with E-state index in [9.17, 15) is 15.0 Å². The van der Waals surface area contributed by atoms with E-state index in [1.165, 1.54) is 6.07 Å². The third kappa shape index (κ3) is 1.88. The Bertz CT molecular complexity index is 1040. The zero-order valence-corrected chi connectivity index (χ0v) is 13.7. The number of hydrogen-bond acceptors (Lipinski definition) is 5. The van der Waals surface area contributed by atoms with E-state index in [0.717, 1.165) is 5.56 Å². The normalized spacial score (nSPS) is 22.3. The topological polar surface area (TPSA) is 79.9 Å². The van der Waals surface area contributed by atoms with Gasteiger partial charge < -0.3 is 19.4 Å². The summed E-state index contributed by atoms with van der Waals surface area (Å²) in [4.78, 5) is 12.8. The van der Waals surface area contributed by atoms with Gasteiger partial charge in [-0.15, -0.1) is 0 Å². The molecular formula is C19H18O5. The van der Waals surface area contributed by atoms with Crippen LogP contribution in [-0.2, 0) is 6.42 Å². The van der Waals surface area contributed by atoms with Gasteiger partial charge in [0.05, 0.1) is 5.39 Å². The number of ether oxygens (including phenoxy) is 1. The van der Waals surface area contributed by atoms with Gasteiger partial charge in [0, 0.05) is 12.0 Å². The predicted octanol–water partition coefficient (Wildman–Crippen LogP) is 3.12. The standard InChI is InChI=1S/C19H18O5/c1-18(2)19(3,22)9-10-7-8-11-15(21)14-12(20)5-4-6-13(14)23-17(11)16(10)24-18/h4-8,20,22H,9H2,1-3H3. The quantitative estimate of drug-likeness (QED) is 0.621. The summed E-state index contributed by atoms with van der Waals surface area (Å²) in [6.07, 6.45) is 0.396. The molecule has 24 heavy (non-hydrogen) atoms. The molecule has 2 N–H and O–H groups in total. The number of benzene rings is 2. The van der Waals surface area contributed by atoms with Crippen molar-refractivity contribution < 1.29 is 19.4 Å². The molecule has 5 heteroatoms. The van der Waals surface area contributed by atoms with Gasteiger partial charge in [-0.1, -0.05) is 12.1 Å². The maximum absolute atomic E-state index is 12.8. The second kappa shape index (κ2) is 4.51. The summed E-state index contributed by atoms with van der Waals surface area (Å²) in [6, 6.07) is 8.14. The highest BCUT2D eigenvalue weighted by molar-refractivity contribution is 5.95. The van der Waals surface area contributed by atoms with Crippen molar-refractivity contribution in [3.8, 4) is 11.5 Å². The first kappa shape index (κ1) is 15.0. The molecule has 0 aliphatic carbocycles. The van der Waals surface area contributed by atoms with Crippen LogP contribution >= 0.6 is 0 Å². The number of hydrogen-bond donors (Lipinski definition) is 2. The fraction of sp³-hybridized carbons (Fsp3) is 0.316. The lowest BCUT2D eigenvalue weighted by Gasteiger charge is -2.44. The minimum atomic E-state index is -1.04. The highest BCUT2D eigenvalue weighted by Crippen LogP contribution is 2.43. The summed E-state index contributed by atoms with van der Waals surface area (Å²) in [5, 5.41) is 21.1. The third-order valence-electron chi connectivity index (χ3n) is 5.07. The third-order valence-corrected chi connectivity index (χ3v) is 5.07. The van der Waals surface area contributed by atoms with E-state index in [1.807, 2.05) is 0 Å². The lowest BCUT2D eigenvalue weighted by Crippen LogP contribution is -2.55. The van der Waals surface area contributed by atoms with E-state index in [4.69, 9.17) is 9.15 Å². The van der Waals surface area contributed by atoms with Crippen molar-refractivity contribution in [2.24, 2.45) is 0 Å².